The van der Waals surface area contributed by atoms with Crippen LogP contribution in [0.2, 0.25) is 0 Å². The fourth-order valence-corrected chi connectivity index (χ4v) is 13.5. The van der Waals surface area contributed by atoms with Crippen LogP contribution >= 0.6 is 88.5 Å². The molecule has 2 N–H and O–H groups in total. The van der Waals surface area contributed by atoms with Crippen molar-refractivity contribution in [1.82, 2.24) is 19.9 Å². The van der Waals surface area contributed by atoms with Crippen molar-refractivity contribution in [2.75, 3.05) is 10.6 Å². The lowest BCUT2D eigenvalue weighted by molar-refractivity contribution is 0.00578. The molecule has 10 rings (SSSR count). The van der Waals surface area contributed by atoms with Gasteiger partial charge in [0.15, 0.2) is 23.3 Å². The Kier molecular flexibility index (Phi) is 13.1. The zero-order valence-electron chi connectivity index (χ0n) is 37.2. The van der Waals surface area contributed by atoms with Gasteiger partial charge < -0.3 is 19.9 Å². The van der Waals surface area contributed by atoms with E-state index in [-0.39, 0.29) is 18.3 Å². The molecule has 0 atom stereocenters. The van der Waals surface area contributed by atoms with E-state index in [9.17, 15) is 0 Å². The number of aryl methyl sites for hydroxylation is 5. The van der Waals surface area contributed by atoms with Crippen molar-refractivity contribution in [2.24, 2.45) is 0 Å². The van der Waals surface area contributed by atoms with Crippen LogP contribution in [-0.2, 0) is 9.31 Å². The van der Waals surface area contributed by atoms with Crippen molar-refractivity contribution in [3.8, 4) is 40.9 Å². The maximum atomic E-state index is 5.95. The van der Waals surface area contributed by atoms with Gasteiger partial charge in [-0.25, -0.2) is 19.9 Å². The number of nitrogens with zero attached hydrogens (tertiary/aromatic N) is 4. The van der Waals surface area contributed by atoms with E-state index in [2.05, 4.69) is 141 Å². The second kappa shape index (κ2) is 18.5. The molecule has 0 spiro atoms. The number of benzene rings is 2. The molecule has 1 aliphatic rings. The van der Waals surface area contributed by atoms with Gasteiger partial charge in [0.2, 0.25) is 0 Å². The van der Waals surface area contributed by atoms with E-state index in [1.807, 2.05) is 60.7 Å². The number of halogens is 2. The molecule has 7 aromatic heterocycles. The smallest absolute Gasteiger partial charge is 0.399 e. The number of hydrogen-bond acceptors (Lipinski definition) is 13. The molecular weight excluding hydrogens is 1040 g/mol. The topological polar surface area (TPSA) is 94.1 Å². The number of fused-ring (bicyclic) bond motifs is 1. The van der Waals surface area contributed by atoms with E-state index < -0.39 is 0 Å². The monoisotopic (exact) mass is 1080 g/mol. The molecule has 330 valence electrons. The third kappa shape index (κ3) is 9.70. The van der Waals surface area contributed by atoms with Crippen molar-refractivity contribution in [3.63, 3.8) is 0 Å². The van der Waals surface area contributed by atoms with Gasteiger partial charge >= 0.3 is 7.12 Å². The largest absolute Gasteiger partial charge is 0.505 e. The van der Waals surface area contributed by atoms with Gasteiger partial charge in [-0.15, -0.1) is 45.3 Å². The zero-order chi connectivity index (χ0) is 45.8. The normalized spacial score (nSPS) is 14.2. The molecule has 8 nitrogen and oxygen atoms in total. The zero-order valence-corrected chi connectivity index (χ0v) is 44.5. The van der Waals surface area contributed by atoms with E-state index in [0.717, 1.165) is 33.5 Å². The van der Waals surface area contributed by atoms with Crippen LogP contribution in [0.15, 0.2) is 104 Å². The summed E-state index contributed by atoms with van der Waals surface area (Å²) in [7, 11) is -0.200. The lowest BCUT2D eigenvalue weighted by atomic mass is 9.87. The summed E-state index contributed by atoms with van der Waals surface area (Å²) in [6.45, 7) is 18.9. The van der Waals surface area contributed by atoms with Crippen LogP contribution in [0.4, 0.5) is 23.0 Å². The highest BCUT2D eigenvalue weighted by Crippen LogP contribution is 2.46. The number of rotatable bonds is 9. The Labute approximate surface area is 417 Å². The van der Waals surface area contributed by atoms with Crippen LogP contribution in [0.3, 0.4) is 0 Å². The van der Waals surface area contributed by atoms with Gasteiger partial charge in [0.25, 0.3) is 0 Å². The van der Waals surface area contributed by atoms with Crippen molar-refractivity contribution >= 4 is 134 Å². The molecule has 1 aliphatic heterocycles. The summed E-state index contributed by atoms with van der Waals surface area (Å²) in [6, 6.07) is 31.1. The number of hydrogen-bond donors (Lipinski definition) is 2. The number of nitrogens with one attached hydrogen (secondary N) is 2. The first-order valence-corrected chi connectivity index (χ1v) is 26.6. The summed E-state index contributed by atoms with van der Waals surface area (Å²) in [6.07, 6.45) is 0. The Morgan fingerprint density at radius 2 is 0.938 bits per heavy atom. The molecule has 0 saturated carbocycles. The minimum atomic E-state index is -0.241. The highest BCUT2D eigenvalue weighted by atomic mass is 79.9. The first kappa shape index (κ1) is 46.0. The Bertz CT molecular complexity index is 2950. The molecule has 1 saturated heterocycles. The minimum Gasteiger partial charge on any atom is -0.399 e. The predicted octanol–water partition coefficient (Wildman–Crippen LogP) is 15.9. The fraction of sp³-hybridized carbons (Fsp3) is 0.224. The number of para-hydroxylation sites is 2. The van der Waals surface area contributed by atoms with Crippen molar-refractivity contribution in [2.45, 2.75) is 73.5 Å². The van der Waals surface area contributed by atoms with E-state index in [0.29, 0.717) is 34.3 Å². The number of aromatic nitrogens is 4. The van der Waals surface area contributed by atoms with Gasteiger partial charge in [0, 0.05) is 35.7 Å². The molecule has 0 bridgehead atoms. The summed E-state index contributed by atoms with van der Waals surface area (Å²) < 4.78 is 15.4. The van der Waals surface area contributed by atoms with Crippen LogP contribution in [0, 0.1) is 34.6 Å². The van der Waals surface area contributed by atoms with Crippen LogP contribution in [0.1, 0.15) is 55.5 Å². The second-order valence-electron chi connectivity index (χ2n) is 17.0. The first-order chi connectivity index (χ1) is 31.0. The molecular formula is C49H45BBr2N6O2S5. The Hall–Kier alpha value is -4.10. The minimum absolute atomic E-state index is 0.200. The number of anilines is 4. The molecule has 0 aliphatic carbocycles. The SMILES string of the molecule is Cc1cc(-c2sc(-c3nc(Nc4ccccc4)c4nc(-c5cc(C)c(-c6cc(C)c(Br)s6)s5)nc(Nc5ccccc5)c4n3)cc2C)sc1Br.Cc1csc(B2OC(C)(C)C(C)(C)O2)c1. The van der Waals surface area contributed by atoms with Gasteiger partial charge in [-0.3, -0.25) is 0 Å². The van der Waals surface area contributed by atoms with Crippen molar-refractivity contribution in [1.29, 1.82) is 0 Å². The lowest BCUT2D eigenvalue weighted by Crippen LogP contribution is -2.41. The average Bonchev–Trinajstić information content (AvgIpc) is 4.13. The average molecular weight is 1080 g/mol. The van der Waals surface area contributed by atoms with E-state index in [1.54, 1.807) is 56.7 Å². The number of thiophene rings is 5. The summed E-state index contributed by atoms with van der Waals surface area (Å²) in [5, 5.41) is 9.27. The highest BCUT2D eigenvalue weighted by molar-refractivity contribution is 9.11. The highest BCUT2D eigenvalue weighted by Gasteiger charge is 2.52. The molecule has 2 aromatic carbocycles. The van der Waals surface area contributed by atoms with Gasteiger partial charge in [0.05, 0.1) is 28.5 Å². The molecule has 16 heteroatoms. The van der Waals surface area contributed by atoms with Crippen LogP contribution < -0.4 is 15.4 Å². The Morgan fingerprint density at radius 3 is 1.31 bits per heavy atom. The molecule has 0 unspecified atom stereocenters. The summed E-state index contributed by atoms with van der Waals surface area (Å²) in [4.78, 5) is 27.6. The molecule has 9 aromatic rings. The van der Waals surface area contributed by atoms with Crippen LogP contribution in [0.5, 0.6) is 0 Å². The predicted molar refractivity (Wildman–Crippen MR) is 287 cm³/mol. The fourth-order valence-electron chi connectivity index (χ4n) is 7.08. The van der Waals surface area contributed by atoms with Gasteiger partial charge in [-0.05, 0) is 182 Å². The summed E-state index contributed by atoms with van der Waals surface area (Å²) in [5.41, 5.74) is 8.70. The van der Waals surface area contributed by atoms with Crippen molar-refractivity contribution in [3.05, 3.63) is 132 Å². The van der Waals surface area contributed by atoms with E-state index >= 15 is 0 Å². The van der Waals surface area contributed by atoms with E-state index in [1.165, 1.54) is 47.3 Å². The maximum Gasteiger partial charge on any atom is 0.505 e. The van der Waals surface area contributed by atoms with Crippen LogP contribution in [-0.4, -0.2) is 38.3 Å². The van der Waals surface area contributed by atoms with Gasteiger partial charge in [0.1, 0.15) is 11.0 Å². The molecule has 0 amide bonds. The van der Waals surface area contributed by atoms with Crippen molar-refractivity contribution < 1.29 is 9.31 Å². The summed E-state index contributed by atoms with van der Waals surface area (Å²) >= 11 is 16.0. The van der Waals surface area contributed by atoms with Gasteiger partial charge in [-0.2, -0.15) is 11.3 Å². The molecule has 0 radical (unpaired) electrons. The molecule has 1 fully saturated rings. The quantitative estimate of drug-likeness (QED) is 0.138. The summed E-state index contributed by atoms with van der Waals surface area (Å²) in [5.74, 6) is 2.46. The van der Waals surface area contributed by atoms with Crippen LogP contribution in [0.25, 0.3) is 51.9 Å². The van der Waals surface area contributed by atoms with Gasteiger partial charge in [-0.1, -0.05) is 36.4 Å². The lowest BCUT2D eigenvalue weighted by Gasteiger charge is -2.32. The third-order valence-corrected chi connectivity index (χ3v) is 19.5. The Morgan fingerprint density at radius 1 is 0.523 bits per heavy atom. The maximum absolute atomic E-state index is 5.95. The first-order valence-electron chi connectivity index (χ1n) is 20.9. The Balaban J connectivity index is 0.000000301. The van der Waals surface area contributed by atoms with E-state index in [4.69, 9.17) is 29.2 Å². The second-order valence-corrected chi connectivity index (χ2v) is 24.8. The molecule has 65 heavy (non-hydrogen) atoms. The standard InChI is InChI=1S/C38H28Br2N6S4.C11H17BO2S/c1-19-15-27(47-31(19)25-17-21(3)33(39)49-25)35-43-29-30(37(45-35)41-23-11-7-5-8-12-23)44-36(46-38(29)42-24-13-9-6-10-14-24)28-16-20(2)32(48-28)26-18-22(4)34(40)50-26;1-8-6-9(15-7-8)12-13-10(2,3)11(4,5)14-12/h5-18H,1-4H3,(H,41,43,45)(H,42,44,46);6-7H,1-5H3. The molecule has 8 heterocycles. The third-order valence-electron chi connectivity index (χ3n) is 11.3.